The molecule has 0 amide bonds. The Hall–Kier alpha value is -3.40. The van der Waals surface area contributed by atoms with Gasteiger partial charge in [0.05, 0.1) is 22.8 Å². The van der Waals surface area contributed by atoms with Crippen molar-refractivity contribution in [2.75, 3.05) is 6.26 Å². The standard InChI is InChI=1S/C25H27FN6O2S/c1-15-22(31(13-18-5-6-18)30-24(15)19-7-9-20(26)10-8-19)11-21-12-23(28-14-27-21)32-17(3)25(16(2)29-32)35(4,33)34/h7-10,12,14,18H,5-6,11,13H2,1-4H3. The van der Waals surface area contributed by atoms with Crippen LogP contribution in [0.2, 0.25) is 0 Å². The third-order valence-corrected chi connectivity index (χ3v) is 7.77. The lowest BCUT2D eigenvalue weighted by Crippen LogP contribution is -2.10. The molecule has 0 N–H and O–H groups in total. The second-order valence-electron chi connectivity index (χ2n) is 9.28. The first-order valence-electron chi connectivity index (χ1n) is 11.5. The van der Waals surface area contributed by atoms with Gasteiger partial charge in [0, 0.05) is 36.5 Å². The second kappa shape index (κ2) is 8.67. The van der Waals surface area contributed by atoms with Gasteiger partial charge in [-0.2, -0.15) is 10.2 Å². The smallest absolute Gasteiger partial charge is 0.179 e. The summed E-state index contributed by atoms with van der Waals surface area (Å²) < 4.78 is 41.5. The summed E-state index contributed by atoms with van der Waals surface area (Å²) in [6.45, 7) is 6.27. The Balaban J connectivity index is 1.53. The third-order valence-electron chi connectivity index (χ3n) is 6.44. The fraction of sp³-hybridized carbons (Fsp3) is 0.360. The van der Waals surface area contributed by atoms with Gasteiger partial charge in [0.2, 0.25) is 0 Å². The maximum absolute atomic E-state index is 13.5. The number of sulfone groups is 1. The average molecular weight is 495 g/mol. The number of hydrogen-bond donors (Lipinski definition) is 0. The van der Waals surface area contributed by atoms with Crippen molar-refractivity contribution in [2.24, 2.45) is 5.92 Å². The van der Waals surface area contributed by atoms with Crippen LogP contribution in [-0.4, -0.2) is 44.2 Å². The van der Waals surface area contributed by atoms with E-state index in [0.29, 0.717) is 29.5 Å². The van der Waals surface area contributed by atoms with Crippen LogP contribution in [0.1, 0.15) is 41.2 Å². The quantitative estimate of drug-likeness (QED) is 0.385. The molecule has 4 aromatic rings. The Morgan fingerprint density at radius 1 is 1.06 bits per heavy atom. The van der Waals surface area contributed by atoms with E-state index in [1.807, 2.05) is 13.0 Å². The zero-order valence-electron chi connectivity index (χ0n) is 20.2. The Kier molecular flexibility index (Phi) is 5.79. The van der Waals surface area contributed by atoms with Gasteiger partial charge >= 0.3 is 0 Å². The van der Waals surface area contributed by atoms with Crippen molar-refractivity contribution in [3.05, 3.63) is 70.8 Å². The minimum Gasteiger partial charge on any atom is -0.268 e. The van der Waals surface area contributed by atoms with Crippen molar-refractivity contribution in [2.45, 2.75) is 51.5 Å². The minimum atomic E-state index is -3.42. The van der Waals surface area contributed by atoms with Gasteiger partial charge in [0.25, 0.3) is 0 Å². The average Bonchev–Trinajstić information content (AvgIpc) is 3.49. The molecule has 0 saturated heterocycles. The van der Waals surface area contributed by atoms with E-state index in [0.717, 1.165) is 34.8 Å². The van der Waals surface area contributed by atoms with Crippen molar-refractivity contribution in [3.63, 3.8) is 0 Å². The van der Waals surface area contributed by atoms with E-state index in [4.69, 9.17) is 5.10 Å². The first-order valence-corrected chi connectivity index (χ1v) is 13.4. The van der Waals surface area contributed by atoms with E-state index in [2.05, 4.69) is 19.7 Å². The van der Waals surface area contributed by atoms with Crippen LogP contribution in [0.5, 0.6) is 0 Å². The molecule has 3 aromatic heterocycles. The molecule has 0 spiro atoms. The molecule has 0 unspecified atom stereocenters. The SMILES string of the molecule is Cc1nn(-c2cc(Cc3c(C)c(-c4ccc(F)cc4)nn3CC3CC3)ncn2)c(C)c1S(C)(=O)=O. The number of benzene rings is 1. The first kappa shape index (κ1) is 23.3. The molecule has 10 heteroatoms. The zero-order valence-corrected chi connectivity index (χ0v) is 21.0. The molecule has 0 aliphatic heterocycles. The highest BCUT2D eigenvalue weighted by Crippen LogP contribution is 2.33. The lowest BCUT2D eigenvalue weighted by Gasteiger charge is -2.09. The van der Waals surface area contributed by atoms with Crippen molar-refractivity contribution >= 4 is 9.84 Å². The van der Waals surface area contributed by atoms with Gasteiger partial charge in [0.1, 0.15) is 17.0 Å². The molecule has 1 aliphatic rings. The second-order valence-corrected chi connectivity index (χ2v) is 11.2. The Labute approximate surface area is 203 Å². The van der Waals surface area contributed by atoms with Crippen LogP contribution in [0.3, 0.4) is 0 Å². The number of aromatic nitrogens is 6. The molecule has 1 saturated carbocycles. The molecular weight excluding hydrogens is 467 g/mol. The Bertz CT molecular complexity index is 1520. The summed E-state index contributed by atoms with van der Waals surface area (Å²) in [5.41, 5.74) is 5.52. The van der Waals surface area contributed by atoms with E-state index in [9.17, 15) is 12.8 Å². The zero-order chi connectivity index (χ0) is 24.9. The number of nitrogens with zero attached hydrogens (tertiary/aromatic N) is 6. The van der Waals surface area contributed by atoms with Gasteiger partial charge in [-0.1, -0.05) is 0 Å². The highest BCUT2D eigenvalue weighted by molar-refractivity contribution is 7.90. The summed E-state index contributed by atoms with van der Waals surface area (Å²) in [4.78, 5) is 9.05. The van der Waals surface area contributed by atoms with Crippen LogP contribution in [-0.2, 0) is 22.8 Å². The molecule has 5 rings (SSSR count). The predicted molar refractivity (Wildman–Crippen MR) is 130 cm³/mol. The topological polar surface area (TPSA) is 95.6 Å². The van der Waals surface area contributed by atoms with Gasteiger partial charge in [-0.05, 0) is 69.4 Å². The van der Waals surface area contributed by atoms with E-state index in [1.54, 1.807) is 30.7 Å². The van der Waals surface area contributed by atoms with Crippen LogP contribution >= 0.6 is 0 Å². The number of halogens is 1. The number of rotatable bonds is 7. The lowest BCUT2D eigenvalue weighted by atomic mass is 10.0. The van der Waals surface area contributed by atoms with Crippen LogP contribution in [0.15, 0.2) is 41.6 Å². The van der Waals surface area contributed by atoms with Gasteiger partial charge in [0.15, 0.2) is 15.7 Å². The van der Waals surface area contributed by atoms with E-state index < -0.39 is 9.84 Å². The van der Waals surface area contributed by atoms with Crippen molar-refractivity contribution < 1.29 is 12.8 Å². The molecule has 0 radical (unpaired) electrons. The van der Waals surface area contributed by atoms with E-state index in [-0.39, 0.29) is 10.7 Å². The van der Waals surface area contributed by atoms with Gasteiger partial charge in [-0.15, -0.1) is 0 Å². The largest absolute Gasteiger partial charge is 0.268 e. The first-order chi connectivity index (χ1) is 16.6. The molecule has 1 aliphatic carbocycles. The summed E-state index contributed by atoms with van der Waals surface area (Å²) >= 11 is 0. The molecule has 0 atom stereocenters. The summed E-state index contributed by atoms with van der Waals surface area (Å²) in [5, 5.41) is 9.32. The summed E-state index contributed by atoms with van der Waals surface area (Å²) in [6.07, 6.45) is 5.58. The minimum absolute atomic E-state index is 0.222. The third kappa shape index (κ3) is 4.62. The molecular formula is C25H27FN6O2S. The highest BCUT2D eigenvalue weighted by atomic mass is 32.2. The van der Waals surface area contributed by atoms with Gasteiger partial charge in [-0.25, -0.2) is 27.5 Å². The lowest BCUT2D eigenvalue weighted by molar-refractivity contribution is 0.543. The maximum atomic E-state index is 13.5. The summed E-state index contributed by atoms with van der Waals surface area (Å²) in [7, 11) is -3.42. The molecule has 1 fully saturated rings. The molecule has 182 valence electrons. The maximum Gasteiger partial charge on any atom is 0.179 e. The van der Waals surface area contributed by atoms with Crippen LogP contribution in [0.25, 0.3) is 17.1 Å². The van der Waals surface area contributed by atoms with Crippen molar-refractivity contribution in [1.82, 2.24) is 29.5 Å². The van der Waals surface area contributed by atoms with E-state index in [1.165, 1.54) is 37.6 Å². The predicted octanol–water partition coefficient (Wildman–Crippen LogP) is 3.99. The monoisotopic (exact) mass is 494 g/mol. The van der Waals surface area contributed by atoms with Crippen molar-refractivity contribution in [3.8, 4) is 17.1 Å². The molecule has 0 bridgehead atoms. The van der Waals surface area contributed by atoms with Crippen LogP contribution in [0.4, 0.5) is 4.39 Å². The fourth-order valence-corrected chi connectivity index (χ4v) is 5.75. The van der Waals surface area contributed by atoms with E-state index >= 15 is 0 Å². The summed E-state index contributed by atoms with van der Waals surface area (Å²) in [5.74, 6) is 0.857. The van der Waals surface area contributed by atoms with Crippen molar-refractivity contribution in [1.29, 1.82) is 0 Å². The number of aryl methyl sites for hydroxylation is 1. The van der Waals surface area contributed by atoms with Gasteiger partial charge < -0.3 is 0 Å². The molecule has 3 heterocycles. The van der Waals surface area contributed by atoms with Crippen LogP contribution < -0.4 is 0 Å². The Morgan fingerprint density at radius 3 is 2.40 bits per heavy atom. The normalized spacial score (nSPS) is 14.0. The Morgan fingerprint density at radius 2 is 1.77 bits per heavy atom. The molecule has 1 aromatic carbocycles. The molecule has 35 heavy (non-hydrogen) atoms. The summed E-state index contributed by atoms with van der Waals surface area (Å²) in [6, 6.07) is 8.23. The van der Waals surface area contributed by atoms with Crippen LogP contribution in [0, 0.1) is 32.5 Å². The highest BCUT2D eigenvalue weighted by Gasteiger charge is 2.26. The molecule has 8 nitrogen and oxygen atoms in total. The van der Waals surface area contributed by atoms with Gasteiger partial charge in [-0.3, -0.25) is 4.68 Å². The number of hydrogen-bond acceptors (Lipinski definition) is 6. The fourth-order valence-electron chi connectivity index (χ4n) is 4.55.